The Morgan fingerprint density at radius 3 is 2.20 bits per heavy atom. The van der Waals surface area contributed by atoms with Crippen LogP contribution in [0.3, 0.4) is 0 Å². The molecule has 1 amide bonds. The summed E-state index contributed by atoms with van der Waals surface area (Å²) in [5.41, 5.74) is -0.317. The third-order valence-electron chi connectivity index (χ3n) is 8.24. The van der Waals surface area contributed by atoms with Gasteiger partial charge in [-0.1, -0.05) is 0 Å². The molecule has 0 heterocycles. The van der Waals surface area contributed by atoms with Crippen LogP contribution in [0, 0.1) is 29.6 Å². The van der Waals surface area contributed by atoms with Crippen molar-refractivity contribution in [2.75, 3.05) is 12.3 Å². The van der Waals surface area contributed by atoms with Crippen LogP contribution in [0.15, 0.2) is 0 Å². The normalized spacial score (nSPS) is 43.5. The number of nitrogens with one attached hydrogen (secondary N) is 1. The van der Waals surface area contributed by atoms with Gasteiger partial charge in [0.05, 0.1) is 5.75 Å². The average molecular weight is 446 g/mol. The van der Waals surface area contributed by atoms with Crippen LogP contribution in [0.4, 0.5) is 0 Å². The number of amides is 1. The second-order valence-corrected chi connectivity index (χ2v) is 11.2. The predicted molar refractivity (Wildman–Crippen MR) is 109 cm³/mol. The molecule has 1 atom stereocenters. The summed E-state index contributed by atoms with van der Waals surface area (Å²) in [6.45, 7) is 2.36. The number of hydrogen-bond acceptors (Lipinski definition) is 6. The van der Waals surface area contributed by atoms with Gasteiger partial charge >= 0.3 is 0 Å². The van der Waals surface area contributed by atoms with Crippen molar-refractivity contribution in [3.05, 3.63) is 0 Å². The minimum absolute atomic E-state index is 0.0330. The van der Waals surface area contributed by atoms with Crippen molar-refractivity contribution in [2.45, 2.75) is 82.5 Å². The van der Waals surface area contributed by atoms with E-state index < -0.39 is 16.9 Å². The third kappa shape index (κ3) is 4.76. The smallest absolute Gasteiger partial charge is 0.233 e. The van der Waals surface area contributed by atoms with Gasteiger partial charge < -0.3 is 9.87 Å². The van der Waals surface area contributed by atoms with Gasteiger partial charge in [0.25, 0.3) is 0 Å². The molecule has 0 aromatic carbocycles. The van der Waals surface area contributed by atoms with Gasteiger partial charge in [-0.15, -0.1) is 0 Å². The van der Waals surface area contributed by atoms with Crippen LogP contribution in [-0.4, -0.2) is 43.6 Å². The Labute approximate surface area is 180 Å². The molecule has 5 aliphatic carbocycles. The Kier molecular flexibility index (Phi) is 6.87. The second kappa shape index (κ2) is 9.11. The highest BCUT2D eigenvalue weighted by Gasteiger charge is 2.57. The maximum absolute atomic E-state index is 12.0. The van der Waals surface area contributed by atoms with Crippen molar-refractivity contribution in [3.8, 4) is 0 Å². The SMILES string of the molecule is CC1(OOC2(OO)CCC(CC(=O)NCCS(=O)O)CC2)C2CC3CC(C2)CC1C3. The molecule has 0 aliphatic heterocycles. The first-order chi connectivity index (χ1) is 14.3. The molecule has 1 unspecified atom stereocenters. The minimum atomic E-state index is -1.90. The van der Waals surface area contributed by atoms with Crippen molar-refractivity contribution < 1.29 is 33.5 Å². The largest absolute Gasteiger partial charge is 0.355 e. The molecule has 5 fully saturated rings. The molecular formula is C21H35NO7S. The van der Waals surface area contributed by atoms with Crippen molar-refractivity contribution in [2.24, 2.45) is 29.6 Å². The molecule has 8 nitrogen and oxygen atoms in total. The molecule has 0 aromatic heterocycles. The number of carbonyl (C=O) groups excluding carboxylic acids is 1. The van der Waals surface area contributed by atoms with E-state index >= 15 is 0 Å². The molecule has 30 heavy (non-hydrogen) atoms. The number of rotatable bonds is 9. The van der Waals surface area contributed by atoms with Crippen LogP contribution in [-0.2, 0) is 30.5 Å². The predicted octanol–water partition coefficient (Wildman–Crippen LogP) is 3.25. The van der Waals surface area contributed by atoms with Gasteiger partial charge in [-0.05, 0) is 81.5 Å². The topological polar surface area (TPSA) is 114 Å². The van der Waals surface area contributed by atoms with E-state index in [2.05, 4.69) is 12.2 Å². The van der Waals surface area contributed by atoms with Crippen LogP contribution in [0.2, 0.25) is 0 Å². The Bertz CT molecular complexity index is 621. The zero-order chi connectivity index (χ0) is 21.4. The lowest BCUT2D eigenvalue weighted by Crippen LogP contribution is -2.58. The second-order valence-electron chi connectivity index (χ2n) is 10.2. The first-order valence-corrected chi connectivity index (χ1v) is 12.6. The van der Waals surface area contributed by atoms with Crippen molar-refractivity contribution in [1.29, 1.82) is 0 Å². The number of hydrogen-bond donors (Lipinski definition) is 3. The standard InChI is InChI=1S/C21H35NO7S/c1-20(17-9-15-8-16(11-17)12-18(20)10-15)28-29-21(27-24)4-2-14(3-5-21)13-19(23)22-6-7-30(25)26/h14-18,24H,2-13H2,1H3,(H,22,23)(H,25,26). The highest BCUT2D eigenvalue weighted by atomic mass is 32.2. The zero-order valence-corrected chi connectivity index (χ0v) is 18.5. The molecule has 3 N–H and O–H groups in total. The van der Waals surface area contributed by atoms with Gasteiger partial charge in [-0.25, -0.2) is 19.2 Å². The van der Waals surface area contributed by atoms with Crippen molar-refractivity contribution in [1.82, 2.24) is 5.32 Å². The zero-order valence-electron chi connectivity index (χ0n) is 17.7. The van der Waals surface area contributed by atoms with E-state index in [0.717, 1.165) is 11.8 Å². The molecule has 5 rings (SSSR count). The van der Waals surface area contributed by atoms with E-state index in [1.165, 1.54) is 32.1 Å². The fourth-order valence-electron chi connectivity index (χ4n) is 6.55. The van der Waals surface area contributed by atoms with Crippen LogP contribution >= 0.6 is 0 Å². The van der Waals surface area contributed by atoms with Gasteiger partial charge in [0.1, 0.15) is 5.60 Å². The van der Waals surface area contributed by atoms with Crippen LogP contribution in [0.1, 0.15) is 71.1 Å². The fraction of sp³-hybridized carbons (Fsp3) is 0.952. The lowest BCUT2D eigenvalue weighted by Gasteiger charge is -2.59. The van der Waals surface area contributed by atoms with E-state index in [9.17, 15) is 14.3 Å². The lowest BCUT2D eigenvalue weighted by molar-refractivity contribution is -0.537. The third-order valence-corrected chi connectivity index (χ3v) is 8.79. The molecule has 0 saturated heterocycles. The van der Waals surface area contributed by atoms with E-state index in [1.54, 1.807) is 0 Å². The molecule has 4 bridgehead atoms. The maximum atomic E-state index is 12.0. The molecule has 5 aliphatic rings. The van der Waals surface area contributed by atoms with Crippen molar-refractivity contribution >= 4 is 17.0 Å². The van der Waals surface area contributed by atoms with Gasteiger partial charge in [-0.3, -0.25) is 4.79 Å². The van der Waals surface area contributed by atoms with E-state index in [4.69, 9.17) is 19.2 Å². The molecular weight excluding hydrogens is 410 g/mol. The summed E-state index contributed by atoms with van der Waals surface area (Å²) in [4.78, 5) is 28.8. The Morgan fingerprint density at radius 2 is 1.67 bits per heavy atom. The summed E-state index contributed by atoms with van der Waals surface area (Å²) in [5, 5.41) is 12.3. The summed E-state index contributed by atoms with van der Waals surface area (Å²) in [5.74, 6) is 1.60. The molecule has 9 heteroatoms. The minimum Gasteiger partial charge on any atom is -0.355 e. The Balaban J connectivity index is 1.25. The van der Waals surface area contributed by atoms with Gasteiger partial charge in [0.15, 0.2) is 11.1 Å². The molecule has 5 saturated carbocycles. The summed E-state index contributed by atoms with van der Waals surface area (Å²) in [6.07, 6.45) is 8.83. The number of carbonyl (C=O) groups is 1. The van der Waals surface area contributed by atoms with Gasteiger partial charge in [0, 0.05) is 25.8 Å². The Morgan fingerprint density at radius 1 is 1.07 bits per heavy atom. The van der Waals surface area contributed by atoms with E-state index in [-0.39, 0.29) is 29.7 Å². The summed E-state index contributed by atoms with van der Waals surface area (Å²) in [7, 11) is 0. The van der Waals surface area contributed by atoms with E-state index in [0.29, 0.717) is 43.9 Å². The van der Waals surface area contributed by atoms with Crippen LogP contribution in [0.5, 0.6) is 0 Å². The maximum Gasteiger partial charge on any atom is 0.233 e. The Hall–Kier alpha value is -0.580. The average Bonchev–Trinajstić information content (AvgIpc) is 2.71. The quantitative estimate of drug-likeness (QED) is 0.216. The molecule has 0 spiro atoms. The summed E-state index contributed by atoms with van der Waals surface area (Å²) >= 11 is -1.90. The highest BCUT2D eigenvalue weighted by molar-refractivity contribution is 7.79. The molecule has 0 aromatic rings. The lowest BCUT2D eigenvalue weighted by atomic mass is 9.50. The highest BCUT2D eigenvalue weighted by Crippen LogP contribution is 2.59. The first kappa shape index (κ1) is 22.6. The monoisotopic (exact) mass is 445 g/mol. The van der Waals surface area contributed by atoms with Crippen LogP contribution in [0.25, 0.3) is 0 Å². The van der Waals surface area contributed by atoms with Gasteiger partial charge in [0.2, 0.25) is 11.7 Å². The molecule has 172 valence electrons. The summed E-state index contributed by atoms with van der Waals surface area (Å²) in [6, 6.07) is 0. The fourth-order valence-corrected chi connectivity index (χ4v) is 6.82. The van der Waals surface area contributed by atoms with Crippen molar-refractivity contribution in [3.63, 3.8) is 0 Å². The first-order valence-electron chi connectivity index (χ1n) is 11.4. The van der Waals surface area contributed by atoms with Gasteiger partial charge in [-0.2, -0.15) is 4.89 Å². The van der Waals surface area contributed by atoms with Crippen LogP contribution < -0.4 is 5.32 Å². The molecule has 0 radical (unpaired) electrons. The summed E-state index contributed by atoms with van der Waals surface area (Å²) < 4.78 is 19.4. The van der Waals surface area contributed by atoms with E-state index in [1.807, 2.05) is 0 Å².